The minimum atomic E-state index is -1.43. The highest BCUT2D eigenvalue weighted by Crippen LogP contribution is 2.39. The van der Waals surface area contributed by atoms with E-state index in [9.17, 15) is 29.3 Å². The fraction of sp³-hybridized carbons (Fsp3) is 0.450. The molecule has 1 amide bonds. The highest BCUT2D eigenvalue weighted by Gasteiger charge is 2.57. The highest BCUT2D eigenvalue weighted by molar-refractivity contribution is 5.73. The fourth-order valence-electron chi connectivity index (χ4n) is 6.99. The molecule has 59 heavy (non-hydrogen) atoms. The Hall–Kier alpha value is -5.86. The van der Waals surface area contributed by atoms with Gasteiger partial charge < -0.3 is 58.0 Å². The molecule has 11 atom stereocenters. The molecule has 316 valence electrons. The third-order valence-corrected chi connectivity index (χ3v) is 9.50. The van der Waals surface area contributed by atoms with Crippen molar-refractivity contribution in [1.29, 1.82) is 0 Å². The Morgan fingerprint density at radius 2 is 1.42 bits per heavy atom. The topological polar surface area (TPSA) is 228 Å². The van der Waals surface area contributed by atoms with E-state index in [0.717, 1.165) is 0 Å². The molecule has 19 nitrogen and oxygen atoms in total. The molecular weight excluding hydrogens is 778 g/mol. The lowest BCUT2D eigenvalue weighted by Gasteiger charge is -2.51. The van der Waals surface area contributed by atoms with Crippen molar-refractivity contribution in [1.82, 2.24) is 5.32 Å². The molecule has 0 aliphatic carbocycles. The molecule has 0 saturated carbocycles. The first-order valence-corrected chi connectivity index (χ1v) is 18.6. The Balaban J connectivity index is 1.43. The number of nitro groups is 1. The number of amides is 1. The lowest BCUT2D eigenvalue weighted by molar-refractivity contribution is -0.384. The number of non-ortho nitro benzene ring substituents is 1. The first kappa shape index (κ1) is 42.7. The van der Waals surface area contributed by atoms with E-state index in [4.69, 9.17) is 47.4 Å². The van der Waals surface area contributed by atoms with Gasteiger partial charge in [0.05, 0.1) is 18.6 Å². The quantitative estimate of drug-likeness (QED) is 0.103. The Bertz CT molecular complexity index is 1930. The van der Waals surface area contributed by atoms with E-state index in [0.29, 0.717) is 17.0 Å². The van der Waals surface area contributed by atoms with Crippen LogP contribution in [-0.4, -0.2) is 110 Å². The Morgan fingerprint density at radius 1 is 0.763 bits per heavy atom. The maximum absolute atomic E-state index is 13.0. The van der Waals surface area contributed by atoms with Gasteiger partial charge in [0.15, 0.2) is 24.8 Å². The first-order chi connectivity index (χ1) is 28.3. The summed E-state index contributed by atoms with van der Waals surface area (Å²) in [6.45, 7) is 4.33. The SMILES string of the molecule is COc1ccc(C2OC[C@H]3O[C@H](Oc4ccc([N+](=O)[O-])cc4)[C@H](NC(C)=O)[C@@H](O[C@@H]4O[C@H](COC(C)=O)[C@@H](OC(C)=O)[C@H](OC(C)=O)[C@H]4Nc4ccccc4)[C@H]3O2)cc1. The van der Waals surface area contributed by atoms with E-state index in [2.05, 4.69) is 10.6 Å². The van der Waals surface area contributed by atoms with Gasteiger partial charge in [0, 0.05) is 51.1 Å². The van der Waals surface area contributed by atoms with Crippen LogP contribution in [0.3, 0.4) is 0 Å². The summed E-state index contributed by atoms with van der Waals surface area (Å²) in [5.74, 6) is -1.86. The maximum Gasteiger partial charge on any atom is 0.303 e. The number of para-hydroxylation sites is 1. The van der Waals surface area contributed by atoms with E-state index in [1.807, 2.05) is 0 Å². The molecule has 2 N–H and O–H groups in total. The van der Waals surface area contributed by atoms with Crippen LogP contribution < -0.4 is 20.1 Å². The Morgan fingerprint density at radius 3 is 2.03 bits per heavy atom. The van der Waals surface area contributed by atoms with Crippen molar-refractivity contribution in [2.24, 2.45) is 0 Å². The number of carbonyl (C=O) groups is 4. The summed E-state index contributed by atoms with van der Waals surface area (Å²) < 4.78 is 61.0. The van der Waals surface area contributed by atoms with Crippen LogP contribution >= 0.6 is 0 Å². The first-order valence-electron chi connectivity index (χ1n) is 18.6. The van der Waals surface area contributed by atoms with Crippen molar-refractivity contribution in [2.75, 3.05) is 25.6 Å². The molecule has 3 fully saturated rings. The van der Waals surface area contributed by atoms with Crippen molar-refractivity contribution in [3.63, 3.8) is 0 Å². The summed E-state index contributed by atoms with van der Waals surface area (Å²) in [7, 11) is 1.54. The number of anilines is 1. The molecule has 3 aromatic rings. The summed E-state index contributed by atoms with van der Waals surface area (Å²) in [5, 5.41) is 17.5. The van der Waals surface area contributed by atoms with Crippen molar-refractivity contribution in [2.45, 2.75) is 95.3 Å². The van der Waals surface area contributed by atoms with Crippen LogP contribution in [0.15, 0.2) is 78.9 Å². The van der Waals surface area contributed by atoms with Crippen LogP contribution in [0.4, 0.5) is 11.4 Å². The van der Waals surface area contributed by atoms with Crippen LogP contribution in [0.25, 0.3) is 0 Å². The highest BCUT2D eigenvalue weighted by atomic mass is 16.8. The third-order valence-electron chi connectivity index (χ3n) is 9.50. The number of nitro benzene ring substituents is 1. The van der Waals surface area contributed by atoms with Gasteiger partial charge in [-0.25, -0.2) is 0 Å². The minimum absolute atomic E-state index is 0.0506. The van der Waals surface area contributed by atoms with Crippen LogP contribution in [0.2, 0.25) is 0 Å². The standard InChI is InChI=1S/C40H45N3O16/c1-21(44)41-32-37(59-40-33(42-26-9-7-6-8-10-26)36(54-24(4)47)34(53-23(3)46)30(57-40)19-51-22(2)45)35-31(20-52-38(58-35)25-11-15-28(50-5)16-12-25)56-39(32)55-29-17-13-27(14-18-29)43(48)49/h6-18,30-40,42H,19-20H2,1-5H3,(H,41,44)/t30-,31-,32-,33-,34-,35+,36-,37-,38?,39+,40+/m1/s1. The van der Waals surface area contributed by atoms with Gasteiger partial charge in [-0.2, -0.15) is 0 Å². The monoisotopic (exact) mass is 823 g/mol. The molecule has 0 bridgehead atoms. The second-order valence-corrected chi connectivity index (χ2v) is 13.8. The van der Waals surface area contributed by atoms with Gasteiger partial charge in [-0.15, -0.1) is 0 Å². The van der Waals surface area contributed by atoms with E-state index < -0.39 is 103 Å². The molecule has 3 aliphatic rings. The van der Waals surface area contributed by atoms with Crippen LogP contribution in [-0.2, 0) is 57.1 Å². The zero-order chi connectivity index (χ0) is 42.2. The molecular formula is C40H45N3O16. The molecule has 3 heterocycles. The third kappa shape index (κ3) is 10.8. The van der Waals surface area contributed by atoms with E-state index in [1.165, 1.54) is 59.1 Å². The van der Waals surface area contributed by atoms with Crippen molar-refractivity contribution < 1.29 is 71.5 Å². The molecule has 19 heteroatoms. The minimum Gasteiger partial charge on any atom is -0.497 e. The predicted octanol–water partition coefficient (Wildman–Crippen LogP) is 3.34. The number of esters is 3. The molecule has 6 rings (SSSR count). The van der Waals surface area contributed by atoms with Gasteiger partial charge in [-0.3, -0.25) is 29.3 Å². The summed E-state index contributed by atoms with van der Waals surface area (Å²) in [5.41, 5.74) is 0.988. The number of carbonyl (C=O) groups excluding carboxylic acids is 4. The van der Waals surface area contributed by atoms with Crippen molar-refractivity contribution in [3.05, 3.63) is 94.5 Å². The molecule has 3 saturated heterocycles. The van der Waals surface area contributed by atoms with Gasteiger partial charge in [0.1, 0.15) is 54.6 Å². The van der Waals surface area contributed by atoms with Gasteiger partial charge in [-0.1, -0.05) is 30.3 Å². The van der Waals surface area contributed by atoms with Crippen LogP contribution in [0.1, 0.15) is 39.5 Å². The number of fused-ring (bicyclic) bond motifs is 1. The van der Waals surface area contributed by atoms with Gasteiger partial charge in [-0.05, 0) is 36.4 Å². The second kappa shape index (κ2) is 19.3. The summed E-state index contributed by atoms with van der Waals surface area (Å²) >= 11 is 0. The lowest BCUT2D eigenvalue weighted by atomic mass is 9.93. The van der Waals surface area contributed by atoms with E-state index in [1.54, 1.807) is 54.6 Å². The maximum atomic E-state index is 13.0. The van der Waals surface area contributed by atoms with Crippen molar-refractivity contribution in [3.8, 4) is 11.5 Å². The van der Waals surface area contributed by atoms with Gasteiger partial charge in [0.25, 0.3) is 5.69 Å². The number of nitrogens with zero attached hydrogens (tertiary/aromatic N) is 1. The van der Waals surface area contributed by atoms with Gasteiger partial charge in [0.2, 0.25) is 12.2 Å². The van der Waals surface area contributed by atoms with Gasteiger partial charge >= 0.3 is 17.9 Å². The van der Waals surface area contributed by atoms with Crippen LogP contribution in [0, 0.1) is 10.1 Å². The zero-order valence-corrected chi connectivity index (χ0v) is 32.7. The largest absolute Gasteiger partial charge is 0.497 e. The second-order valence-electron chi connectivity index (χ2n) is 13.8. The van der Waals surface area contributed by atoms with Crippen LogP contribution in [0.5, 0.6) is 11.5 Å². The molecule has 0 aromatic heterocycles. The number of benzene rings is 3. The summed E-state index contributed by atoms with van der Waals surface area (Å²) in [4.78, 5) is 61.1. The lowest BCUT2D eigenvalue weighted by Crippen LogP contribution is -2.71. The number of hydrogen-bond acceptors (Lipinski definition) is 17. The number of hydrogen-bond donors (Lipinski definition) is 2. The zero-order valence-electron chi connectivity index (χ0n) is 32.7. The molecule has 0 radical (unpaired) electrons. The molecule has 0 spiro atoms. The molecule has 3 aliphatic heterocycles. The molecule has 1 unspecified atom stereocenters. The smallest absolute Gasteiger partial charge is 0.303 e. The number of nitrogens with one attached hydrogen (secondary N) is 2. The fourth-order valence-corrected chi connectivity index (χ4v) is 6.99. The van der Waals surface area contributed by atoms with E-state index in [-0.39, 0.29) is 18.0 Å². The molecule has 3 aromatic carbocycles. The average Bonchev–Trinajstić information content (AvgIpc) is 3.20. The van der Waals surface area contributed by atoms with E-state index >= 15 is 0 Å². The number of ether oxygens (including phenoxy) is 10. The summed E-state index contributed by atoms with van der Waals surface area (Å²) in [6, 6.07) is 18.8. The Labute approximate surface area is 338 Å². The Kier molecular flexibility index (Phi) is 14.0. The average molecular weight is 824 g/mol. The number of rotatable bonds is 14. The predicted molar refractivity (Wildman–Crippen MR) is 202 cm³/mol. The number of methoxy groups -OCH3 is 1. The van der Waals surface area contributed by atoms with Crippen molar-refractivity contribution >= 4 is 35.2 Å². The summed E-state index contributed by atoms with van der Waals surface area (Å²) in [6.07, 6.45) is -10.7. The normalized spacial score (nSPS) is 28.8.